The summed E-state index contributed by atoms with van der Waals surface area (Å²) in [4.78, 5) is 23.0. The van der Waals surface area contributed by atoms with E-state index in [1.165, 1.54) is 13.8 Å². The van der Waals surface area contributed by atoms with Crippen LogP contribution in [-0.2, 0) is 4.79 Å². The summed E-state index contributed by atoms with van der Waals surface area (Å²) in [6, 6.07) is 13.6. The van der Waals surface area contributed by atoms with Crippen LogP contribution in [-0.4, -0.2) is 29.3 Å². The van der Waals surface area contributed by atoms with Gasteiger partial charge in [-0.15, -0.1) is 0 Å². The second kappa shape index (κ2) is 8.77. The molecule has 2 aromatic carbocycles. The zero-order valence-electron chi connectivity index (χ0n) is 15.8. The Kier molecular flexibility index (Phi) is 6.45. The molecule has 2 aromatic rings. The number of benzene rings is 2. The van der Waals surface area contributed by atoms with Crippen molar-refractivity contribution in [2.75, 3.05) is 11.9 Å². The summed E-state index contributed by atoms with van der Waals surface area (Å²) >= 11 is 0. The minimum Gasteiger partial charge on any atom is -0.492 e. The zero-order valence-corrected chi connectivity index (χ0v) is 15.8. The standard InChI is InChI=1S/C20H21N3O5/c1-4-27-17-11-16(8-5-13(17)12-21)28-15-9-6-14(7-10-15)22-18(24)20(2,3)23-19(25)26/h5-11,23H,4H2,1-3H3,(H,22,24)(H,25,26). The van der Waals surface area contributed by atoms with E-state index in [0.717, 1.165) is 0 Å². The van der Waals surface area contributed by atoms with Crippen molar-refractivity contribution in [2.45, 2.75) is 26.3 Å². The molecule has 0 aromatic heterocycles. The van der Waals surface area contributed by atoms with E-state index in [-0.39, 0.29) is 0 Å². The van der Waals surface area contributed by atoms with Crippen LogP contribution in [0.25, 0.3) is 0 Å². The first kappa shape index (κ1) is 20.6. The number of nitrogens with one attached hydrogen (secondary N) is 2. The number of hydrogen-bond acceptors (Lipinski definition) is 5. The average molecular weight is 383 g/mol. The highest BCUT2D eigenvalue weighted by molar-refractivity contribution is 5.99. The van der Waals surface area contributed by atoms with Gasteiger partial charge in [0.25, 0.3) is 0 Å². The Balaban J connectivity index is 2.07. The molecule has 8 nitrogen and oxygen atoms in total. The first-order chi connectivity index (χ1) is 13.2. The number of amides is 2. The van der Waals surface area contributed by atoms with Gasteiger partial charge >= 0.3 is 6.09 Å². The number of carbonyl (C=O) groups is 2. The Morgan fingerprint density at radius 1 is 1.14 bits per heavy atom. The van der Waals surface area contributed by atoms with Gasteiger partial charge in [0.2, 0.25) is 5.91 Å². The maximum atomic E-state index is 12.2. The van der Waals surface area contributed by atoms with Crippen LogP contribution in [0.3, 0.4) is 0 Å². The van der Waals surface area contributed by atoms with Crippen LogP contribution in [0.1, 0.15) is 26.3 Å². The lowest BCUT2D eigenvalue weighted by Gasteiger charge is -2.23. The molecule has 0 unspecified atom stereocenters. The third-order valence-electron chi connectivity index (χ3n) is 3.71. The molecule has 0 aliphatic rings. The Morgan fingerprint density at radius 2 is 1.79 bits per heavy atom. The normalized spacial score (nSPS) is 10.5. The summed E-state index contributed by atoms with van der Waals surface area (Å²) in [7, 11) is 0. The monoisotopic (exact) mass is 383 g/mol. The fourth-order valence-electron chi connectivity index (χ4n) is 2.29. The van der Waals surface area contributed by atoms with Crippen molar-refractivity contribution < 1.29 is 24.2 Å². The molecule has 0 radical (unpaired) electrons. The topological polar surface area (TPSA) is 121 Å². The molecule has 146 valence electrons. The van der Waals surface area contributed by atoms with Crippen LogP contribution in [0.4, 0.5) is 10.5 Å². The van der Waals surface area contributed by atoms with Gasteiger partial charge in [-0.25, -0.2) is 4.79 Å². The fourth-order valence-corrected chi connectivity index (χ4v) is 2.29. The molecule has 2 amide bonds. The van der Waals surface area contributed by atoms with Gasteiger partial charge in [-0.3, -0.25) is 4.79 Å². The number of carboxylic acid groups (broad SMARTS) is 1. The van der Waals surface area contributed by atoms with E-state index in [9.17, 15) is 9.59 Å². The SMILES string of the molecule is CCOc1cc(Oc2ccc(NC(=O)C(C)(C)NC(=O)O)cc2)ccc1C#N. The number of ether oxygens (including phenoxy) is 2. The van der Waals surface area contributed by atoms with Crippen molar-refractivity contribution in [2.24, 2.45) is 0 Å². The minimum absolute atomic E-state index is 0.421. The van der Waals surface area contributed by atoms with E-state index in [1.807, 2.05) is 6.92 Å². The highest BCUT2D eigenvalue weighted by atomic mass is 16.5. The molecular formula is C20H21N3O5. The van der Waals surface area contributed by atoms with Crippen LogP contribution in [0.2, 0.25) is 0 Å². The van der Waals surface area contributed by atoms with Crippen molar-refractivity contribution in [3.63, 3.8) is 0 Å². The molecule has 3 N–H and O–H groups in total. The Morgan fingerprint density at radius 3 is 2.36 bits per heavy atom. The quantitative estimate of drug-likeness (QED) is 0.670. The molecule has 2 rings (SSSR count). The molecule has 0 atom stereocenters. The van der Waals surface area contributed by atoms with Gasteiger partial charge in [0.05, 0.1) is 12.2 Å². The highest BCUT2D eigenvalue weighted by Crippen LogP contribution is 2.29. The van der Waals surface area contributed by atoms with Gasteiger partial charge < -0.3 is 25.2 Å². The van der Waals surface area contributed by atoms with Crippen molar-refractivity contribution in [1.82, 2.24) is 5.32 Å². The van der Waals surface area contributed by atoms with E-state index in [0.29, 0.717) is 35.1 Å². The van der Waals surface area contributed by atoms with E-state index in [1.54, 1.807) is 42.5 Å². The van der Waals surface area contributed by atoms with Crippen LogP contribution >= 0.6 is 0 Å². The second-order valence-corrected chi connectivity index (χ2v) is 6.34. The number of rotatable bonds is 7. The van der Waals surface area contributed by atoms with Crippen LogP contribution < -0.4 is 20.1 Å². The number of nitriles is 1. The van der Waals surface area contributed by atoms with Crippen molar-refractivity contribution in [3.05, 3.63) is 48.0 Å². The lowest BCUT2D eigenvalue weighted by molar-refractivity contribution is -0.121. The number of carbonyl (C=O) groups excluding carboxylic acids is 1. The summed E-state index contributed by atoms with van der Waals surface area (Å²) < 4.78 is 11.2. The van der Waals surface area contributed by atoms with Crippen LogP contribution in [0, 0.1) is 11.3 Å². The Hall–Kier alpha value is -3.73. The largest absolute Gasteiger partial charge is 0.492 e. The minimum atomic E-state index is -1.28. The molecule has 0 aliphatic carbocycles. The summed E-state index contributed by atoms with van der Waals surface area (Å²) in [6.45, 7) is 5.19. The molecule has 0 saturated heterocycles. The summed E-state index contributed by atoms with van der Waals surface area (Å²) in [5.74, 6) is 0.982. The molecule has 0 saturated carbocycles. The van der Waals surface area contributed by atoms with Crippen molar-refractivity contribution in [1.29, 1.82) is 5.26 Å². The fraction of sp³-hybridized carbons (Fsp3) is 0.250. The number of anilines is 1. The zero-order chi connectivity index (χ0) is 20.7. The molecule has 0 spiro atoms. The maximum Gasteiger partial charge on any atom is 0.405 e. The van der Waals surface area contributed by atoms with Gasteiger partial charge in [-0.05, 0) is 57.2 Å². The third kappa shape index (κ3) is 5.38. The predicted molar refractivity (Wildman–Crippen MR) is 103 cm³/mol. The average Bonchev–Trinajstić information content (AvgIpc) is 2.63. The molecule has 8 heteroatoms. The van der Waals surface area contributed by atoms with Crippen molar-refractivity contribution in [3.8, 4) is 23.3 Å². The van der Waals surface area contributed by atoms with E-state index in [2.05, 4.69) is 16.7 Å². The van der Waals surface area contributed by atoms with Gasteiger partial charge in [0.15, 0.2) is 0 Å². The second-order valence-electron chi connectivity index (χ2n) is 6.34. The van der Waals surface area contributed by atoms with E-state index >= 15 is 0 Å². The van der Waals surface area contributed by atoms with Gasteiger partial charge in [0, 0.05) is 11.8 Å². The third-order valence-corrected chi connectivity index (χ3v) is 3.71. The van der Waals surface area contributed by atoms with E-state index in [4.69, 9.17) is 19.8 Å². The molecular weight excluding hydrogens is 362 g/mol. The summed E-state index contributed by atoms with van der Waals surface area (Å²) in [5, 5.41) is 22.7. The molecule has 28 heavy (non-hydrogen) atoms. The lowest BCUT2D eigenvalue weighted by atomic mass is 10.0. The lowest BCUT2D eigenvalue weighted by Crippen LogP contribution is -2.51. The smallest absolute Gasteiger partial charge is 0.405 e. The molecule has 0 bridgehead atoms. The van der Waals surface area contributed by atoms with Gasteiger partial charge in [0.1, 0.15) is 28.9 Å². The Labute approximate surface area is 162 Å². The molecule has 0 heterocycles. The predicted octanol–water partition coefficient (Wildman–Crippen LogP) is 3.73. The van der Waals surface area contributed by atoms with Crippen LogP contribution in [0.5, 0.6) is 17.2 Å². The van der Waals surface area contributed by atoms with Crippen LogP contribution in [0.15, 0.2) is 42.5 Å². The summed E-state index contributed by atoms with van der Waals surface area (Å²) in [6.07, 6.45) is -1.28. The highest BCUT2D eigenvalue weighted by Gasteiger charge is 2.29. The summed E-state index contributed by atoms with van der Waals surface area (Å²) in [5.41, 5.74) is -0.364. The maximum absolute atomic E-state index is 12.2. The number of hydrogen-bond donors (Lipinski definition) is 3. The van der Waals surface area contributed by atoms with Gasteiger partial charge in [-0.1, -0.05) is 0 Å². The first-order valence-corrected chi connectivity index (χ1v) is 8.52. The molecule has 0 aliphatic heterocycles. The van der Waals surface area contributed by atoms with Gasteiger partial charge in [-0.2, -0.15) is 5.26 Å². The first-order valence-electron chi connectivity index (χ1n) is 8.52. The van der Waals surface area contributed by atoms with Crippen molar-refractivity contribution >= 4 is 17.7 Å². The van der Waals surface area contributed by atoms with E-state index < -0.39 is 17.5 Å². The number of nitrogens with zero attached hydrogens (tertiary/aromatic N) is 1. The molecule has 0 fully saturated rings. The Bertz CT molecular complexity index is 901.